The first-order valence-corrected chi connectivity index (χ1v) is 11.0. The number of amides is 2. The first-order valence-electron chi connectivity index (χ1n) is 10.1. The normalized spacial score (nSPS) is 21.0. The van der Waals surface area contributed by atoms with Gasteiger partial charge in [0, 0.05) is 13.1 Å². The number of likely N-dealkylation sites (tertiary alicyclic amines) is 1. The van der Waals surface area contributed by atoms with Crippen LogP contribution in [0, 0.1) is 6.92 Å². The highest BCUT2D eigenvalue weighted by molar-refractivity contribution is 7.13. The van der Waals surface area contributed by atoms with Gasteiger partial charge in [0.15, 0.2) is 0 Å². The number of piperidine rings is 1. The van der Waals surface area contributed by atoms with Crippen LogP contribution in [0.1, 0.15) is 30.9 Å². The number of tetrazole rings is 1. The average molecular weight is 423 g/mol. The van der Waals surface area contributed by atoms with E-state index in [2.05, 4.69) is 20.3 Å². The van der Waals surface area contributed by atoms with Gasteiger partial charge >= 0.3 is 0 Å². The summed E-state index contributed by atoms with van der Waals surface area (Å²) in [7, 11) is 0. The number of rotatable bonds is 4. The monoisotopic (exact) mass is 422 g/mol. The number of carbonyl (C=O) groups excluding carboxylic acids is 2. The molecule has 0 N–H and O–H groups in total. The molecule has 2 aromatic heterocycles. The van der Waals surface area contributed by atoms with E-state index in [1.807, 2.05) is 48.7 Å². The molecule has 2 amide bonds. The third kappa shape index (κ3) is 3.44. The van der Waals surface area contributed by atoms with Gasteiger partial charge in [-0.15, -0.1) is 21.5 Å². The molecule has 2 saturated heterocycles. The molecule has 1 aromatic carbocycles. The lowest BCUT2D eigenvalue weighted by Crippen LogP contribution is -2.46. The fourth-order valence-corrected chi connectivity index (χ4v) is 4.90. The number of benzene rings is 1. The van der Waals surface area contributed by atoms with Crippen LogP contribution in [0.25, 0.3) is 10.7 Å². The number of aromatic nitrogens is 4. The van der Waals surface area contributed by atoms with Crippen LogP contribution >= 0.6 is 11.3 Å². The van der Waals surface area contributed by atoms with Gasteiger partial charge in [0.05, 0.1) is 29.1 Å². The summed E-state index contributed by atoms with van der Waals surface area (Å²) in [6.07, 6.45) is 1.88. The highest BCUT2D eigenvalue weighted by Crippen LogP contribution is 2.30. The molecule has 30 heavy (non-hydrogen) atoms. The molecule has 154 valence electrons. The summed E-state index contributed by atoms with van der Waals surface area (Å²) in [5.41, 5.74) is 1.69. The molecule has 0 bridgehead atoms. The van der Waals surface area contributed by atoms with Crippen molar-refractivity contribution in [3.05, 3.63) is 47.3 Å². The molecule has 4 heterocycles. The van der Waals surface area contributed by atoms with Gasteiger partial charge in [0.2, 0.25) is 11.7 Å². The molecule has 0 saturated carbocycles. The SMILES string of the molecule is Cc1cccc(N2C(=O)C[C@@H](N3CCC(n4nnc(-c5cccs5)n4)CC3)C2=O)c1. The maximum atomic E-state index is 13.0. The molecule has 0 radical (unpaired) electrons. The van der Waals surface area contributed by atoms with Gasteiger partial charge in [-0.2, -0.15) is 4.80 Å². The molecule has 9 heteroatoms. The van der Waals surface area contributed by atoms with Gasteiger partial charge in [0.1, 0.15) is 0 Å². The minimum absolute atomic E-state index is 0.122. The number of imide groups is 1. The van der Waals surface area contributed by atoms with E-state index in [4.69, 9.17) is 0 Å². The fourth-order valence-electron chi connectivity index (χ4n) is 4.25. The maximum absolute atomic E-state index is 13.0. The Bertz CT molecular complexity index is 1070. The molecule has 0 aliphatic carbocycles. The smallest absolute Gasteiger partial charge is 0.251 e. The van der Waals surface area contributed by atoms with E-state index in [0.29, 0.717) is 11.5 Å². The van der Waals surface area contributed by atoms with E-state index in [1.165, 1.54) is 4.90 Å². The predicted octanol–water partition coefficient (Wildman–Crippen LogP) is 2.68. The van der Waals surface area contributed by atoms with Crippen LogP contribution in [-0.2, 0) is 9.59 Å². The molecule has 1 atom stereocenters. The summed E-state index contributed by atoms with van der Waals surface area (Å²) in [5.74, 6) is 0.400. The zero-order valence-electron chi connectivity index (χ0n) is 16.6. The Balaban J connectivity index is 1.25. The van der Waals surface area contributed by atoms with Crippen molar-refractivity contribution in [2.45, 2.75) is 38.3 Å². The van der Waals surface area contributed by atoms with Crippen LogP contribution in [0.5, 0.6) is 0 Å². The van der Waals surface area contributed by atoms with Crippen molar-refractivity contribution in [2.75, 3.05) is 18.0 Å². The zero-order valence-corrected chi connectivity index (χ0v) is 17.5. The summed E-state index contributed by atoms with van der Waals surface area (Å²) in [6, 6.07) is 11.3. The Hall–Kier alpha value is -2.91. The Labute approximate surface area is 178 Å². The van der Waals surface area contributed by atoms with Crippen molar-refractivity contribution < 1.29 is 9.59 Å². The van der Waals surface area contributed by atoms with Gasteiger partial charge in [-0.05, 0) is 54.1 Å². The zero-order chi connectivity index (χ0) is 20.7. The van der Waals surface area contributed by atoms with Crippen LogP contribution in [-0.4, -0.2) is 56.1 Å². The number of anilines is 1. The van der Waals surface area contributed by atoms with Crippen molar-refractivity contribution in [3.63, 3.8) is 0 Å². The third-order valence-electron chi connectivity index (χ3n) is 5.82. The van der Waals surface area contributed by atoms with Crippen molar-refractivity contribution in [3.8, 4) is 10.7 Å². The van der Waals surface area contributed by atoms with Gasteiger partial charge in [-0.3, -0.25) is 14.5 Å². The van der Waals surface area contributed by atoms with E-state index in [-0.39, 0.29) is 30.3 Å². The Morgan fingerprint density at radius 3 is 2.67 bits per heavy atom. The molecular formula is C21H22N6O2S. The van der Waals surface area contributed by atoms with Crippen LogP contribution in [0.15, 0.2) is 41.8 Å². The highest BCUT2D eigenvalue weighted by atomic mass is 32.1. The molecule has 2 aliphatic heterocycles. The highest BCUT2D eigenvalue weighted by Gasteiger charge is 2.43. The number of carbonyl (C=O) groups is 2. The van der Waals surface area contributed by atoms with Gasteiger partial charge in [-0.25, -0.2) is 4.90 Å². The fraction of sp³-hybridized carbons (Fsp3) is 0.381. The van der Waals surface area contributed by atoms with E-state index in [1.54, 1.807) is 16.1 Å². The minimum Gasteiger partial charge on any atom is -0.291 e. The number of aryl methyl sites for hydroxylation is 1. The van der Waals surface area contributed by atoms with Crippen molar-refractivity contribution in [1.29, 1.82) is 0 Å². The summed E-state index contributed by atoms with van der Waals surface area (Å²) in [5, 5.41) is 15.0. The second-order valence-corrected chi connectivity index (χ2v) is 8.75. The maximum Gasteiger partial charge on any atom is 0.251 e. The van der Waals surface area contributed by atoms with E-state index in [0.717, 1.165) is 36.4 Å². The molecule has 0 spiro atoms. The first kappa shape index (κ1) is 19.1. The lowest BCUT2D eigenvalue weighted by molar-refractivity contribution is -0.123. The molecule has 5 rings (SSSR count). The molecule has 2 aliphatic rings. The average Bonchev–Trinajstić information content (AvgIpc) is 3.48. The van der Waals surface area contributed by atoms with Gasteiger partial charge in [0.25, 0.3) is 5.91 Å². The Morgan fingerprint density at radius 1 is 1.10 bits per heavy atom. The number of thiophene rings is 1. The number of nitrogens with zero attached hydrogens (tertiary/aromatic N) is 6. The van der Waals surface area contributed by atoms with E-state index < -0.39 is 0 Å². The standard InChI is InChI=1S/C21H22N6O2S/c1-14-4-2-5-16(12-14)26-19(28)13-17(21(26)29)25-9-7-15(8-10-25)27-23-20(22-24-27)18-6-3-11-30-18/h2-6,11-12,15,17H,7-10,13H2,1H3/t17-/m1/s1. The first-order chi connectivity index (χ1) is 14.6. The van der Waals surface area contributed by atoms with Crippen molar-refractivity contribution >= 4 is 28.8 Å². The minimum atomic E-state index is -0.385. The molecule has 3 aromatic rings. The van der Waals surface area contributed by atoms with Crippen LogP contribution in [0.4, 0.5) is 5.69 Å². The summed E-state index contributed by atoms with van der Waals surface area (Å²) >= 11 is 1.59. The van der Waals surface area contributed by atoms with Crippen molar-refractivity contribution in [1.82, 2.24) is 25.1 Å². The van der Waals surface area contributed by atoms with Crippen LogP contribution < -0.4 is 4.90 Å². The third-order valence-corrected chi connectivity index (χ3v) is 6.68. The lowest BCUT2D eigenvalue weighted by atomic mass is 10.0. The van der Waals surface area contributed by atoms with Gasteiger partial charge < -0.3 is 0 Å². The second kappa shape index (κ2) is 7.73. The largest absolute Gasteiger partial charge is 0.291 e. The summed E-state index contributed by atoms with van der Waals surface area (Å²) in [6.45, 7) is 3.41. The molecule has 2 fully saturated rings. The summed E-state index contributed by atoms with van der Waals surface area (Å²) < 4.78 is 0. The molecule has 8 nitrogen and oxygen atoms in total. The molecular weight excluding hydrogens is 400 g/mol. The Morgan fingerprint density at radius 2 is 1.93 bits per heavy atom. The van der Waals surface area contributed by atoms with Crippen molar-refractivity contribution in [2.24, 2.45) is 0 Å². The van der Waals surface area contributed by atoms with E-state index >= 15 is 0 Å². The number of hydrogen-bond acceptors (Lipinski definition) is 7. The van der Waals surface area contributed by atoms with Gasteiger partial charge in [-0.1, -0.05) is 18.2 Å². The predicted molar refractivity (Wildman–Crippen MR) is 113 cm³/mol. The Kier molecular flexibility index (Phi) is 4.92. The summed E-state index contributed by atoms with van der Waals surface area (Å²) in [4.78, 5) is 31.8. The molecule has 0 unspecified atom stereocenters. The quantitative estimate of drug-likeness (QED) is 0.601. The lowest BCUT2D eigenvalue weighted by Gasteiger charge is -2.34. The second-order valence-electron chi connectivity index (χ2n) is 7.80. The van der Waals surface area contributed by atoms with Crippen LogP contribution in [0.2, 0.25) is 0 Å². The van der Waals surface area contributed by atoms with E-state index in [9.17, 15) is 9.59 Å². The topological polar surface area (TPSA) is 84.2 Å². The van der Waals surface area contributed by atoms with Crippen LogP contribution in [0.3, 0.4) is 0 Å². The number of hydrogen-bond donors (Lipinski definition) is 0.